The molecular formula is C2H2BaO2. The van der Waals surface area contributed by atoms with E-state index in [1.165, 1.54) is 0 Å². The minimum absolute atomic E-state index is 0. The predicted octanol–water partition coefficient (Wildman–Crippen LogP) is -0.929. The summed E-state index contributed by atoms with van der Waals surface area (Å²) in [6, 6.07) is 0. The zero-order valence-corrected chi connectivity index (χ0v) is 7.12. The molecule has 0 heterocycles. The molecule has 2 nitrogen and oxygen atoms in total. The van der Waals surface area contributed by atoms with Crippen LogP contribution in [0, 0.1) is 0 Å². The van der Waals surface area contributed by atoms with Crippen LogP contribution in [-0.2, 0) is 9.59 Å². The van der Waals surface area contributed by atoms with E-state index in [-0.39, 0.29) is 48.9 Å². The molecule has 0 aliphatic heterocycles. The fourth-order valence-corrected chi connectivity index (χ4v) is 0. The Morgan fingerprint density at radius 1 is 0.800 bits per heavy atom. The first-order valence-electron chi connectivity index (χ1n) is 0.471. The van der Waals surface area contributed by atoms with E-state index in [1.54, 1.807) is 0 Å². The molecule has 0 saturated heterocycles. The normalized spacial score (nSPS) is 1.60. The topological polar surface area (TPSA) is 34.1 Å². The van der Waals surface area contributed by atoms with Crippen molar-refractivity contribution in [2.45, 2.75) is 0 Å². The monoisotopic (exact) mass is 196 g/mol. The molecule has 3 heteroatoms. The first kappa shape index (κ1) is 16.8. The standard InChI is InChI=1S/2CHO.Ba/c2*1-2;/h2*1H;/q2*-1;+2. The molecular weight excluding hydrogens is 193 g/mol. The minimum Gasteiger partial charge on any atom is -0.545 e. The Morgan fingerprint density at radius 2 is 0.800 bits per heavy atom. The molecule has 0 unspecified atom stereocenters. The minimum atomic E-state index is 0. The van der Waals surface area contributed by atoms with Crippen LogP contribution in [0.1, 0.15) is 0 Å². The predicted molar refractivity (Wildman–Crippen MR) is 19.3 cm³/mol. The van der Waals surface area contributed by atoms with Gasteiger partial charge in [0.25, 0.3) is 0 Å². The Balaban J connectivity index is -0.0000000133. The summed E-state index contributed by atoms with van der Waals surface area (Å²) in [5, 5.41) is 0. The Kier molecular flexibility index (Phi) is 304. The molecule has 0 bridgehead atoms. The van der Waals surface area contributed by atoms with Crippen LogP contribution in [-0.4, -0.2) is 62.5 Å². The summed E-state index contributed by atoms with van der Waals surface area (Å²) >= 11 is 0. The summed E-state index contributed by atoms with van der Waals surface area (Å²) in [5.41, 5.74) is 0. The van der Waals surface area contributed by atoms with Crippen molar-refractivity contribution in [3.05, 3.63) is 0 Å². The first-order valence-corrected chi connectivity index (χ1v) is 0.471. The van der Waals surface area contributed by atoms with Gasteiger partial charge in [0, 0.05) is 0 Å². The van der Waals surface area contributed by atoms with Gasteiger partial charge in [0.1, 0.15) is 0 Å². The fourth-order valence-electron chi connectivity index (χ4n) is 0. The SMILES string of the molecule is [Ba+2].[CH-]=O.[CH-]=O. The van der Waals surface area contributed by atoms with Crippen LogP contribution in [0.2, 0.25) is 0 Å². The third-order valence-electron chi connectivity index (χ3n) is 0. The van der Waals surface area contributed by atoms with Gasteiger partial charge in [-0.25, -0.2) is 0 Å². The zero-order chi connectivity index (χ0) is 4.00. The molecule has 0 saturated carbocycles. The smallest absolute Gasteiger partial charge is 0.545 e. The van der Waals surface area contributed by atoms with Crippen molar-refractivity contribution in [2.24, 2.45) is 0 Å². The van der Waals surface area contributed by atoms with E-state index in [9.17, 15) is 0 Å². The number of hydrogen-bond donors (Lipinski definition) is 0. The van der Waals surface area contributed by atoms with Crippen LogP contribution in [0.25, 0.3) is 0 Å². The van der Waals surface area contributed by atoms with Crippen molar-refractivity contribution in [3.8, 4) is 0 Å². The van der Waals surface area contributed by atoms with Crippen molar-refractivity contribution in [1.29, 1.82) is 0 Å². The van der Waals surface area contributed by atoms with E-state index in [4.69, 9.17) is 9.59 Å². The van der Waals surface area contributed by atoms with Crippen molar-refractivity contribution >= 4 is 62.5 Å². The molecule has 5 heavy (non-hydrogen) atoms. The largest absolute Gasteiger partial charge is 2.00 e. The summed E-state index contributed by atoms with van der Waals surface area (Å²) in [4.78, 5) is 15.5. The van der Waals surface area contributed by atoms with Crippen LogP contribution in [0.5, 0.6) is 0 Å². The molecule has 0 amide bonds. The van der Waals surface area contributed by atoms with Crippen LogP contribution in [0.15, 0.2) is 0 Å². The average Bonchev–Trinajstić information content (AvgIpc) is 1.50. The summed E-state index contributed by atoms with van der Waals surface area (Å²) in [5.74, 6) is 0. The Morgan fingerprint density at radius 3 is 0.800 bits per heavy atom. The molecule has 0 aromatic rings. The molecule has 0 aliphatic rings. The summed E-state index contributed by atoms with van der Waals surface area (Å²) < 4.78 is 0. The first-order chi connectivity index (χ1) is 2.00. The second-order valence-corrected chi connectivity index (χ2v) is 0. The van der Waals surface area contributed by atoms with Gasteiger partial charge in [-0.15, -0.1) is 0 Å². The fraction of sp³-hybridized carbons (Fsp3) is 0. The van der Waals surface area contributed by atoms with Crippen molar-refractivity contribution in [2.75, 3.05) is 0 Å². The van der Waals surface area contributed by atoms with E-state index in [1.807, 2.05) is 0 Å². The van der Waals surface area contributed by atoms with Gasteiger partial charge in [0.2, 0.25) is 0 Å². The molecule has 0 fully saturated rings. The second kappa shape index (κ2) is 90.5. The van der Waals surface area contributed by atoms with E-state index >= 15 is 0 Å². The maximum absolute atomic E-state index is 7.75. The van der Waals surface area contributed by atoms with Gasteiger partial charge in [0.15, 0.2) is 0 Å². The van der Waals surface area contributed by atoms with Crippen LogP contribution >= 0.6 is 0 Å². The van der Waals surface area contributed by atoms with Crippen LogP contribution < -0.4 is 0 Å². The van der Waals surface area contributed by atoms with E-state index in [0.717, 1.165) is 0 Å². The number of rotatable bonds is 0. The van der Waals surface area contributed by atoms with E-state index in [0.29, 0.717) is 0 Å². The Bertz CT molecular complexity index is 9.61. The summed E-state index contributed by atoms with van der Waals surface area (Å²) in [6.07, 6.45) is 0. The van der Waals surface area contributed by atoms with Gasteiger partial charge < -0.3 is 9.59 Å². The van der Waals surface area contributed by atoms with Crippen molar-refractivity contribution < 1.29 is 9.59 Å². The Hall–Kier alpha value is 0.911. The quantitative estimate of drug-likeness (QED) is 0.284. The van der Waals surface area contributed by atoms with Gasteiger partial charge in [-0.2, -0.15) is 0 Å². The molecule has 0 aliphatic carbocycles. The molecule has 0 radical (unpaired) electrons. The Labute approximate surface area is 71.0 Å². The molecule has 0 aromatic heterocycles. The molecule has 0 spiro atoms. The van der Waals surface area contributed by atoms with Gasteiger partial charge in [-0.1, -0.05) is 0 Å². The van der Waals surface area contributed by atoms with Gasteiger partial charge in [-0.05, 0) is 0 Å². The van der Waals surface area contributed by atoms with Gasteiger partial charge >= 0.3 is 48.9 Å². The average molecular weight is 195 g/mol. The van der Waals surface area contributed by atoms with E-state index in [2.05, 4.69) is 13.6 Å². The van der Waals surface area contributed by atoms with E-state index < -0.39 is 0 Å². The zero-order valence-electron chi connectivity index (χ0n) is 2.68. The third kappa shape index (κ3) is 50.1. The molecule has 24 valence electrons. The van der Waals surface area contributed by atoms with Gasteiger partial charge in [0.05, 0.1) is 0 Å². The third-order valence-corrected chi connectivity index (χ3v) is 0. The number of carbonyl (C=O) groups excluding carboxylic acids is 2. The molecule has 0 aromatic carbocycles. The maximum atomic E-state index is 7.75. The van der Waals surface area contributed by atoms with Crippen LogP contribution in [0.4, 0.5) is 0 Å². The molecule has 0 rings (SSSR count). The van der Waals surface area contributed by atoms with Gasteiger partial charge in [-0.3, -0.25) is 13.6 Å². The number of hydrogen-bond acceptors (Lipinski definition) is 2. The van der Waals surface area contributed by atoms with Crippen molar-refractivity contribution in [1.82, 2.24) is 0 Å². The summed E-state index contributed by atoms with van der Waals surface area (Å²) in [7, 11) is 0. The molecule has 0 N–H and O–H groups in total. The van der Waals surface area contributed by atoms with Crippen molar-refractivity contribution in [3.63, 3.8) is 0 Å². The second-order valence-electron chi connectivity index (χ2n) is 0. The molecule has 0 atom stereocenters. The van der Waals surface area contributed by atoms with Crippen LogP contribution in [0.3, 0.4) is 0 Å². The summed E-state index contributed by atoms with van der Waals surface area (Å²) in [6.45, 7) is 6.50. The maximum Gasteiger partial charge on any atom is 2.00 e.